The van der Waals surface area contributed by atoms with E-state index in [0.717, 1.165) is 21.3 Å². The second-order valence-corrected chi connectivity index (χ2v) is 6.69. The van der Waals surface area contributed by atoms with E-state index in [2.05, 4.69) is 41.9 Å². The number of halogens is 1. The minimum atomic E-state index is 0.0904. The zero-order valence-electron chi connectivity index (χ0n) is 10.4. The van der Waals surface area contributed by atoms with Gasteiger partial charge in [0.2, 0.25) is 0 Å². The normalized spacial score (nSPS) is 12.4. The first kappa shape index (κ1) is 13.5. The molecule has 3 heteroatoms. The summed E-state index contributed by atoms with van der Waals surface area (Å²) in [5.41, 5.74) is 2.80. The summed E-state index contributed by atoms with van der Waals surface area (Å²) in [6.07, 6.45) is 1.12. The Labute approximate surface area is 120 Å². The summed E-state index contributed by atoms with van der Waals surface area (Å²) in [5.74, 6) is 0.636. The minimum absolute atomic E-state index is 0.0904. The molecule has 2 rings (SSSR count). The molecule has 0 bridgehead atoms. The van der Waals surface area contributed by atoms with Gasteiger partial charge in [-0.15, -0.1) is 11.3 Å². The van der Waals surface area contributed by atoms with Gasteiger partial charge in [0.1, 0.15) is 0 Å². The zero-order valence-corrected chi connectivity index (χ0v) is 12.8. The minimum Gasteiger partial charge on any atom is -0.289 e. The highest BCUT2D eigenvalue weighted by Crippen LogP contribution is 2.24. The second kappa shape index (κ2) is 5.81. The van der Waals surface area contributed by atoms with Crippen LogP contribution in [0, 0.1) is 0 Å². The Morgan fingerprint density at radius 1 is 1.28 bits per heavy atom. The molecule has 0 aliphatic carbocycles. The largest absolute Gasteiger partial charge is 0.289 e. The molecule has 1 unspecified atom stereocenters. The number of carbonyl (C=O) groups is 1. The summed E-state index contributed by atoms with van der Waals surface area (Å²) in [6.45, 7) is 4.37. The number of hydrogen-bond acceptors (Lipinski definition) is 2. The van der Waals surface area contributed by atoms with E-state index in [1.165, 1.54) is 16.9 Å². The van der Waals surface area contributed by atoms with Gasteiger partial charge in [0, 0.05) is 16.5 Å². The van der Waals surface area contributed by atoms with Crippen molar-refractivity contribution >= 4 is 33.0 Å². The lowest BCUT2D eigenvalue weighted by Gasteiger charge is -2.09. The van der Waals surface area contributed by atoms with E-state index in [9.17, 15) is 4.79 Å². The summed E-state index contributed by atoms with van der Waals surface area (Å²) in [6, 6.07) is 9.84. The molecule has 0 aliphatic heterocycles. The van der Waals surface area contributed by atoms with Crippen molar-refractivity contribution in [2.45, 2.75) is 26.2 Å². The molecule has 0 N–H and O–H groups in total. The third-order valence-electron chi connectivity index (χ3n) is 3.18. The monoisotopic (exact) mass is 322 g/mol. The number of ketones is 1. The Balaban J connectivity index is 2.22. The van der Waals surface area contributed by atoms with Gasteiger partial charge in [-0.1, -0.05) is 38.1 Å². The van der Waals surface area contributed by atoms with Crippen LogP contribution < -0.4 is 0 Å². The first-order chi connectivity index (χ1) is 8.61. The van der Waals surface area contributed by atoms with Crippen molar-refractivity contribution in [1.29, 1.82) is 0 Å². The average Bonchev–Trinajstić information content (AvgIpc) is 2.84. The topological polar surface area (TPSA) is 17.1 Å². The fourth-order valence-corrected chi connectivity index (χ4v) is 2.93. The van der Waals surface area contributed by atoms with E-state index in [1.54, 1.807) is 0 Å². The molecule has 1 aromatic carbocycles. The van der Waals surface area contributed by atoms with E-state index >= 15 is 0 Å². The molecule has 0 saturated carbocycles. The van der Waals surface area contributed by atoms with Crippen LogP contribution in [0.4, 0.5) is 0 Å². The molecule has 94 valence electrons. The maximum atomic E-state index is 12.2. The van der Waals surface area contributed by atoms with Crippen LogP contribution in [0.5, 0.6) is 0 Å². The van der Waals surface area contributed by atoms with Gasteiger partial charge >= 0.3 is 0 Å². The predicted octanol–water partition coefficient (Wildman–Crippen LogP) is 5.26. The fraction of sp³-hybridized carbons (Fsp3) is 0.267. The van der Waals surface area contributed by atoms with Crippen molar-refractivity contribution in [2.24, 2.45) is 0 Å². The number of thiophene rings is 1. The van der Waals surface area contributed by atoms with Crippen molar-refractivity contribution in [1.82, 2.24) is 0 Å². The van der Waals surface area contributed by atoms with Crippen molar-refractivity contribution in [3.05, 3.63) is 56.2 Å². The molecule has 0 spiro atoms. The molecule has 0 aliphatic rings. The lowest BCUT2D eigenvalue weighted by Crippen LogP contribution is -2.00. The molecule has 1 aromatic heterocycles. The van der Waals surface area contributed by atoms with Crippen LogP contribution in [0.25, 0.3) is 0 Å². The van der Waals surface area contributed by atoms with E-state index in [0.29, 0.717) is 5.92 Å². The first-order valence-electron chi connectivity index (χ1n) is 6.00. The van der Waals surface area contributed by atoms with Crippen LogP contribution in [0.15, 0.2) is 39.5 Å². The predicted molar refractivity (Wildman–Crippen MR) is 80.6 cm³/mol. The van der Waals surface area contributed by atoms with Crippen molar-refractivity contribution in [3.8, 4) is 0 Å². The Hall–Kier alpha value is -0.930. The zero-order chi connectivity index (χ0) is 13.1. The van der Waals surface area contributed by atoms with Gasteiger partial charge in [-0.3, -0.25) is 4.79 Å². The average molecular weight is 323 g/mol. The summed E-state index contributed by atoms with van der Waals surface area (Å²) < 4.78 is 0.988. The first-order valence-corrected chi connectivity index (χ1v) is 7.67. The molecular weight excluding hydrogens is 308 g/mol. The van der Waals surface area contributed by atoms with Crippen molar-refractivity contribution in [2.75, 3.05) is 0 Å². The van der Waals surface area contributed by atoms with Gasteiger partial charge in [0.15, 0.2) is 5.78 Å². The molecule has 0 fully saturated rings. The number of carbonyl (C=O) groups excluding carboxylic acids is 1. The van der Waals surface area contributed by atoms with Gasteiger partial charge in [-0.05, 0) is 39.9 Å². The highest BCUT2D eigenvalue weighted by molar-refractivity contribution is 9.11. The Bertz CT molecular complexity index is 542. The molecule has 18 heavy (non-hydrogen) atoms. The SMILES string of the molecule is CCC(C)c1ccc(C(=O)c2csc(Br)c2)cc1. The Morgan fingerprint density at radius 3 is 2.44 bits per heavy atom. The van der Waals surface area contributed by atoms with Crippen LogP contribution in [0.2, 0.25) is 0 Å². The number of rotatable bonds is 4. The van der Waals surface area contributed by atoms with Crippen LogP contribution in [-0.2, 0) is 0 Å². The molecule has 0 amide bonds. The van der Waals surface area contributed by atoms with Crippen LogP contribution in [0.1, 0.15) is 47.7 Å². The standard InChI is InChI=1S/C15H15BrOS/c1-3-10(2)11-4-6-12(7-5-11)15(17)13-8-14(16)18-9-13/h4-10H,3H2,1-2H3. The molecule has 0 saturated heterocycles. The Kier molecular flexibility index (Phi) is 4.36. The second-order valence-electron chi connectivity index (χ2n) is 4.40. The van der Waals surface area contributed by atoms with Gasteiger partial charge in [-0.25, -0.2) is 0 Å². The highest BCUT2D eigenvalue weighted by Gasteiger charge is 2.11. The summed E-state index contributed by atoms with van der Waals surface area (Å²) in [5, 5.41) is 1.88. The van der Waals surface area contributed by atoms with Crippen molar-refractivity contribution < 1.29 is 4.79 Å². The maximum Gasteiger partial charge on any atom is 0.193 e. The van der Waals surface area contributed by atoms with Gasteiger partial charge in [0.25, 0.3) is 0 Å². The smallest absolute Gasteiger partial charge is 0.193 e. The summed E-state index contributed by atoms with van der Waals surface area (Å²) in [4.78, 5) is 12.2. The van der Waals surface area contributed by atoms with E-state index in [1.807, 2.05) is 23.6 Å². The molecule has 1 nitrogen and oxygen atoms in total. The third kappa shape index (κ3) is 2.90. The van der Waals surface area contributed by atoms with E-state index in [-0.39, 0.29) is 5.78 Å². The number of hydrogen-bond donors (Lipinski definition) is 0. The molecule has 2 aromatic rings. The quantitative estimate of drug-likeness (QED) is 0.702. The van der Waals surface area contributed by atoms with Crippen LogP contribution in [-0.4, -0.2) is 5.78 Å². The molecule has 1 heterocycles. The van der Waals surface area contributed by atoms with Crippen molar-refractivity contribution in [3.63, 3.8) is 0 Å². The van der Waals surface area contributed by atoms with Gasteiger partial charge in [-0.2, -0.15) is 0 Å². The maximum absolute atomic E-state index is 12.2. The molecular formula is C15H15BrOS. The number of benzene rings is 1. The Morgan fingerprint density at radius 2 is 1.94 bits per heavy atom. The lowest BCUT2D eigenvalue weighted by atomic mass is 9.96. The third-order valence-corrected chi connectivity index (χ3v) is 4.69. The fourth-order valence-electron chi connectivity index (χ4n) is 1.79. The highest BCUT2D eigenvalue weighted by atomic mass is 79.9. The molecule has 0 radical (unpaired) electrons. The molecule has 1 atom stereocenters. The van der Waals surface area contributed by atoms with Gasteiger partial charge in [0.05, 0.1) is 3.79 Å². The van der Waals surface area contributed by atoms with E-state index < -0.39 is 0 Å². The summed E-state index contributed by atoms with van der Waals surface area (Å²) >= 11 is 4.91. The van der Waals surface area contributed by atoms with E-state index in [4.69, 9.17) is 0 Å². The lowest BCUT2D eigenvalue weighted by molar-refractivity contribution is 0.103. The van der Waals surface area contributed by atoms with Gasteiger partial charge < -0.3 is 0 Å². The van der Waals surface area contributed by atoms with Crippen LogP contribution in [0.3, 0.4) is 0 Å². The van der Waals surface area contributed by atoms with Crippen LogP contribution >= 0.6 is 27.3 Å². The summed E-state index contributed by atoms with van der Waals surface area (Å²) in [7, 11) is 0.